The molecule has 0 bridgehead atoms. The Morgan fingerprint density at radius 3 is 2.55 bits per heavy atom. The molecule has 1 atom stereocenters. The van der Waals surface area contributed by atoms with Crippen LogP contribution < -0.4 is 29.1 Å². The molecule has 0 spiro atoms. The van der Waals surface area contributed by atoms with Crippen LogP contribution in [0.15, 0.2) is 80.1 Å². The fraction of sp³-hybridized carbons (Fsp3) is 0.257. The number of methoxy groups -OCH3 is 1. The monoisotopic (exact) mass is 880 g/mol. The van der Waals surface area contributed by atoms with E-state index in [-0.39, 0.29) is 31.0 Å². The summed E-state index contributed by atoms with van der Waals surface area (Å²) < 4.78 is 31.4. The number of carbonyl (C=O) groups excluding carboxylic acids is 2. The third-order valence-electron chi connectivity index (χ3n) is 7.33. The van der Waals surface area contributed by atoms with Gasteiger partial charge in [-0.2, -0.15) is 0 Å². The van der Waals surface area contributed by atoms with Gasteiger partial charge >= 0.3 is 11.9 Å². The summed E-state index contributed by atoms with van der Waals surface area (Å²) in [7, 11) is 1.27. The van der Waals surface area contributed by atoms with E-state index in [1.807, 2.05) is 37.3 Å². The third-order valence-corrected chi connectivity index (χ3v) is 9.94. The summed E-state index contributed by atoms with van der Waals surface area (Å²) in [4.78, 5) is 44.6. The molecule has 1 aliphatic heterocycles. The SMILES string of the molecule is CCOC(=O)C1=C(C)N=c2s/c(=C/c3cc(Br)cc(I)c3OCc3ccccc3Cl)c(=O)n2[C@@H]1c1ccc(OCC(=O)OC)c(OCC)c1. The zero-order chi connectivity index (χ0) is 35.2. The number of nitrogens with zero attached hydrogens (tertiary/aromatic N) is 2. The van der Waals surface area contributed by atoms with Crippen LogP contribution in [0.2, 0.25) is 5.02 Å². The number of hydrogen-bond acceptors (Lipinski definition) is 10. The average molecular weight is 882 g/mol. The second-order valence-electron chi connectivity index (χ2n) is 10.5. The van der Waals surface area contributed by atoms with Crippen LogP contribution in [0.25, 0.3) is 6.08 Å². The molecular formula is C35H31BrClIN2O8S. The number of carbonyl (C=O) groups is 2. The number of fused-ring (bicyclic) bond motifs is 1. The first kappa shape index (κ1) is 36.6. The van der Waals surface area contributed by atoms with Crippen molar-refractivity contribution in [2.45, 2.75) is 33.4 Å². The van der Waals surface area contributed by atoms with Crippen molar-refractivity contribution >= 4 is 79.5 Å². The van der Waals surface area contributed by atoms with Gasteiger partial charge in [0.05, 0.1) is 45.7 Å². The predicted molar refractivity (Wildman–Crippen MR) is 198 cm³/mol. The molecule has 0 aliphatic carbocycles. The number of thiazole rings is 1. The van der Waals surface area contributed by atoms with E-state index in [1.165, 1.54) is 23.0 Å². The molecule has 0 unspecified atom stereocenters. The molecule has 49 heavy (non-hydrogen) atoms. The number of hydrogen-bond donors (Lipinski definition) is 0. The highest BCUT2D eigenvalue weighted by Crippen LogP contribution is 2.37. The third kappa shape index (κ3) is 8.22. The number of esters is 2. The Morgan fingerprint density at radius 2 is 1.84 bits per heavy atom. The van der Waals surface area contributed by atoms with Crippen molar-refractivity contribution in [3.63, 3.8) is 0 Å². The molecule has 14 heteroatoms. The molecule has 5 rings (SSSR count). The van der Waals surface area contributed by atoms with Gasteiger partial charge in [0.2, 0.25) is 0 Å². The molecule has 4 aromatic rings. The van der Waals surface area contributed by atoms with Gasteiger partial charge in [0.15, 0.2) is 22.9 Å². The summed E-state index contributed by atoms with van der Waals surface area (Å²) in [6.45, 7) is 5.57. The maximum Gasteiger partial charge on any atom is 0.343 e. The fourth-order valence-electron chi connectivity index (χ4n) is 5.13. The summed E-state index contributed by atoms with van der Waals surface area (Å²) in [6, 6.07) is 15.4. The molecule has 0 amide bonds. The Kier molecular flexibility index (Phi) is 12.2. The van der Waals surface area contributed by atoms with E-state index in [0.29, 0.717) is 55.0 Å². The zero-order valence-electron chi connectivity index (χ0n) is 26.9. The van der Waals surface area contributed by atoms with Crippen molar-refractivity contribution in [3.05, 3.63) is 115 Å². The molecule has 1 aromatic heterocycles. The summed E-state index contributed by atoms with van der Waals surface area (Å²) in [5, 5.41) is 0.591. The quantitative estimate of drug-likeness (QED) is 0.120. The van der Waals surface area contributed by atoms with Crippen LogP contribution >= 0.6 is 61.5 Å². The van der Waals surface area contributed by atoms with E-state index in [9.17, 15) is 14.4 Å². The van der Waals surface area contributed by atoms with Crippen molar-refractivity contribution in [1.82, 2.24) is 4.57 Å². The summed E-state index contributed by atoms with van der Waals surface area (Å²) >= 11 is 13.3. The molecule has 1 aliphatic rings. The largest absolute Gasteiger partial charge is 0.490 e. The van der Waals surface area contributed by atoms with Gasteiger partial charge in [-0.25, -0.2) is 14.6 Å². The van der Waals surface area contributed by atoms with Crippen molar-refractivity contribution in [2.75, 3.05) is 26.9 Å². The van der Waals surface area contributed by atoms with Gasteiger partial charge in [0.25, 0.3) is 5.56 Å². The van der Waals surface area contributed by atoms with Crippen LogP contribution in [0.3, 0.4) is 0 Å². The number of ether oxygens (including phenoxy) is 5. The van der Waals surface area contributed by atoms with Crippen molar-refractivity contribution in [1.29, 1.82) is 0 Å². The lowest BCUT2D eigenvalue weighted by atomic mass is 9.95. The first-order valence-corrected chi connectivity index (χ1v) is 18.1. The van der Waals surface area contributed by atoms with Gasteiger partial charge in [0, 0.05) is 20.6 Å². The van der Waals surface area contributed by atoms with Gasteiger partial charge in [-0.15, -0.1) is 0 Å². The molecule has 0 saturated carbocycles. The molecule has 0 N–H and O–H groups in total. The predicted octanol–water partition coefficient (Wildman–Crippen LogP) is 6.35. The topological polar surface area (TPSA) is 115 Å². The maximum absolute atomic E-state index is 14.4. The fourth-order valence-corrected chi connectivity index (χ4v) is 8.07. The number of aromatic nitrogens is 1. The minimum Gasteiger partial charge on any atom is -0.490 e. The molecule has 3 aromatic carbocycles. The maximum atomic E-state index is 14.4. The second-order valence-corrected chi connectivity index (χ2v) is 14.0. The Hall–Kier alpha value is -3.66. The Labute approximate surface area is 313 Å². The van der Waals surface area contributed by atoms with Crippen LogP contribution in [0, 0.1) is 3.57 Å². The molecule has 256 valence electrons. The standard InChI is InChI=1S/C35H31BrClIN2O8S/c1-5-45-27-14-20(11-12-26(27)47-18-29(41)44-4)31-30(34(43)46-6-2)19(3)39-35-40(31)33(42)28(49-35)15-22-13-23(36)16-25(38)32(22)48-17-21-9-7-8-10-24(21)37/h7-16,31H,5-6,17-18H2,1-4H3/b28-15+/t31-/m1/s1. The molecule has 0 saturated heterocycles. The van der Waals surface area contributed by atoms with Crippen molar-refractivity contribution < 1.29 is 33.3 Å². The summed E-state index contributed by atoms with van der Waals surface area (Å²) in [6.07, 6.45) is 1.76. The Balaban J connectivity index is 1.65. The molecule has 2 heterocycles. The molecular weight excluding hydrogens is 851 g/mol. The van der Waals surface area contributed by atoms with Crippen molar-refractivity contribution in [3.8, 4) is 17.2 Å². The van der Waals surface area contributed by atoms with Gasteiger partial charge in [-0.3, -0.25) is 9.36 Å². The van der Waals surface area contributed by atoms with Gasteiger partial charge in [-0.05, 0) is 85.3 Å². The summed E-state index contributed by atoms with van der Waals surface area (Å²) in [5.41, 5.74) is 2.31. The first-order chi connectivity index (χ1) is 23.6. The van der Waals surface area contributed by atoms with Crippen LogP contribution in [0.5, 0.6) is 17.2 Å². The van der Waals surface area contributed by atoms with Crippen LogP contribution in [-0.2, 0) is 25.7 Å². The van der Waals surface area contributed by atoms with Gasteiger partial charge < -0.3 is 23.7 Å². The highest BCUT2D eigenvalue weighted by atomic mass is 127. The number of allylic oxidation sites excluding steroid dienone is 1. The first-order valence-electron chi connectivity index (χ1n) is 15.1. The highest BCUT2D eigenvalue weighted by molar-refractivity contribution is 14.1. The second kappa shape index (κ2) is 16.4. The van der Waals surface area contributed by atoms with Crippen LogP contribution in [0.4, 0.5) is 0 Å². The minimum absolute atomic E-state index is 0.135. The highest BCUT2D eigenvalue weighted by Gasteiger charge is 2.34. The Bertz CT molecular complexity index is 2130. The number of rotatable bonds is 12. The molecule has 0 fully saturated rings. The number of benzene rings is 3. The van der Waals surface area contributed by atoms with E-state index in [1.54, 1.807) is 44.2 Å². The molecule has 10 nitrogen and oxygen atoms in total. The zero-order valence-corrected chi connectivity index (χ0v) is 32.2. The minimum atomic E-state index is -0.898. The van der Waals surface area contributed by atoms with Gasteiger partial charge in [-0.1, -0.05) is 63.1 Å². The van der Waals surface area contributed by atoms with E-state index < -0.39 is 18.0 Å². The molecule has 0 radical (unpaired) electrons. The Morgan fingerprint density at radius 1 is 1.06 bits per heavy atom. The normalized spacial score (nSPS) is 14.2. The van der Waals surface area contributed by atoms with Gasteiger partial charge in [0.1, 0.15) is 12.4 Å². The average Bonchev–Trinajstić information content (AvgIpc) is 3.37. The van der Waals surface area contributed by atoms with Crippen molar-refractivity contribution in [2.24, 2.45) is 4.99 Å². The van der Waals surface area contributed by atoms with E-state index in [4.69, 9.17) is 35.3 Å². The van der Waals surface area contributed by atoms with E-state index >= 15 is 0 Å². The lowest BCUT2D eigenvalue weighted by Crippen LogP contribution is -2.40. The van der Waals surface area contributed by atoms with E-state index in [0.717, 1.165) is 13.6 Å². The lowest BCUT2D eigenvalue weighted by Gasteiger charge is -2.25. The smallest absolute Gasteiger partial charge is 0.343 e. The van der Waals surface area contributed by atoms with Crippen LogP contribution in [0.1, 0.15) is 43.5 Å². The lowest BCUT2D eigenvalue weighted by molar-refractivity contribution is -0.143. The number of halogens is 3. The van der Waals surface area contributed by atoms with E-state index in [2.05, 4.69) is 43.5 Å². The van der Waals surface area contributed by atoms with Crippen LogP contribution in [-0.4, -0.2) is 43.4 Å². The summed E-state index contributed by atoms with van der Waals surface area (Å²) in [5.74, 6) is 0.0601.